The van der Waals surface area contributed by atoms with Crippen molar-refractivity contribution in [3.8, 4) is 6.07 Å². The van der Waals surface area contributed by atoms with Crippen LogP contribution in [-0.2, 0) is 0 Å². The zero-order valence-corrected chi connectivity index (χ0v) is 15.2. The molecular weight excluding hydrogens is 326 g/mol. The first-order valence-electron chi connectivity index (χ1n) is 9.04. The van der Waals surface area contributed by atoms with Gasteiger partial charge in [-0.3, -0.25) is 0 Å². The van der Waals surface area contributed by atoms with E-state index in [4.69, 9.17) is 4.98 Å². The van der Waals surface area contributed by atoms with Crippen LogP contribution in [0.4, 0.5) is 17.6 Å². The Morgan fingerprint density at radius 1 is 1.15 bits per heavy atom. The Labute approximate surface area is 153 Å². The van der Waals surface area contributed by atoms with Crippen LogP contribution in [0.25, 0.3) is 0 Å². The first-order valence-corrected chi connectivity index (χ1v) is 9.04. The van der Waals surface area contributed by atoms with Crippen LogP contribution in [-0.4, -0.2) is 54.7 Å². The molecule has 2 fully saturated rings. The van der Waals surface area contributed by atoms with Gasteiger partial charge < -0.3 is 14.7 Å². The van der Waals surface area contributed by atoms with Gasteiger partial charge in [0.2, 0.25) is 5.95 Å². The van der Waals surface area contributed by atoms with Gasteiger partial charge >= 0.3 is 0 Å². The predicted molar refractivity (Wildman–Crippen MR) is 101 cm³/mol. The molecule has 0 aromatic carbocycles. The molecule has 134 valence electrons. The third-order valence-corrected chi connectivity index (χ3v) is 5.41. The summed E-state index contributed by atoms with van der Waals surface area (Å²) in [6, 6.07) is 8.21. The standard InChI is InChI=1S/C19H23N7/c1-24(2)17-5-9-22-19(23-17)26-11-7-14-6-10-25(13-16(14)26)18-15(12-20)4-3-8-21-18/h3-5,8-9,14,16H,6-7,10-11,13H2,1-2H3. The zero-order valence-electron chi connectivity index (χ0n) is 15.2. The van der Waals surface area contributed by atoms with E-state index in [0.29, 0.717) is 17.5 Å². The fourth-order valence-corrected chi connectivity index (χ4v) is 4.04. The van der Waals surface area contributed by atoms with Crippen molar-refractivity contribution in [3.05, 3.63) is 36.2 Å². The van der Waals surface area contributed by atoms with Crippen molar-refractivity contribution in [2.75, 3.05) is 48.4 Å². The van der Waals surface area contributed by atoms with Gasteiger partial charge in [0.25, 0.3) is 0 Å². The van der Waals surface area contributed by atoms with Gasteiger partial charge in [0.05, 0.1) is 11.6 Å². The number of hydrogen-bond donors (Lipinski definition) is 0. The predicted octanol–water partition coefficient (Wildman–Crippen LogP) is 1.91. The number of piperidine rings is 1. The average molecular weight is 349 g/mol. The second-order valence-electron chi connectivity index (χ2n) is 7.14. The monoisotopic (exact) mass is 349 g/mol. The molecule has 2 aromatic heterocycles. The maximum atomic E-state index is 9.40. The van der Waals surface area contributed by atoms with Gasteiger partial charge in [-0.15, -0.1) is 0 Å². The van der Waals surface area contributed by atoms with Crippen LogP contribution in [0.5, 0.6) is 0 Å². The number of anilines is 3. The van der Waals surface area contributed by atoms with Gasteiger partial charge in [-0.25, -0.2) is 9.97 Å². The van der Waals surface area contributed by atoms with Crippen LogP contribution in [0.15, 0.2) is 30.6 Å². The molecule has 4 heterocycles. The summed E-state index contributed by atoms with van der Waals surface area (Å²) < 4.78 is 0. The lowest BCUT2D eigenvalue weighted by Gasteiger charge is -2.39. The molecule has 0 N–H and O–H groups in total. The molecule has 0 saturated carbocycles. The number of nitrogens with zero attached hydrogens (tertiary/aromatic N) is 7. The van der Waals surface area contributed by atoms with Crippen molar-refractivity contribution in [2.24, 2.45) is 5.92 Å². The van der Waals surface area contributed by atoms with Crippen LogP contribution in [0.1, 0.15) is 18.4 Å². The van der Waals surface area contributed by atoms with Crippen molar-refractivity contribution >= 4 is 17.6 Å². The highest BCUT2D eigenvalue weighted by molar-refractivity contribution is 5.55. The minimum Gasteiger partial charge on any atom is -0.363 e. The van der Waals surface area contributed by atoms with Gasteiger partial charge in [-0.05, 0) is 37.0 Å². The summed E-state index contributed by atoms with van der Waals surface area (Å²) in [6.07, 6.45) is 5.87. The lowest BCUT2D eigenvalue weighted by atomic mass is 9.92. The number of hydrogen-bond acceptors (Lipinski definition) is 7. The number of fused-ring (bicyclic) bond motifs is 1. The smallest absolute Gasteiger partial charge is 0.227 e. The lowest BCUT2D eigenvalue weighted by Crippen LogP contribution is -2.49. The summed E-state index contributed by atoms with van der Waals surface area (Å²) in [6.45, 7) is 2.78. The fraction of sp³-hybridized carbons (Fsp3) is 0.474. The Morgan fingerprint density at radius 2 is 2.00 bits per heavy atom. The van der Waals surface area contributed by atoms with Gasteiger partial charge in [0, 0.05) is 46.1 Å². The van der Waals surface area contributed by atoms with Crippen molar-refractivity contribution < 1.29 is 0 Å². The Hall–Kier alpha value is -2.88. The summed E-state index contributed by atoms with van der Waals surface area (Å²) in [4.78, 5) is 20.3. The molecule has 2 saturated heterocycles. The van der Waals surface area contributed by atoms with Crippen LogP contribution >= 0.6 is 0 Å². The van der Waals surface area contributed by atoms with E-state index in [2.05, 4.69) is 25.8 Å². The number of nitriles is 1. The van der Waals surface area contributed by atoms with Gasteiger partial charge in [-0.2, -0.15) is 10.2 Å². The molecule has 0 bridgehead atoms. The molecule has 2 aliphatic heterocycles. The zero-order chi connectivity index (χ0) is 18.1. The molecule has 0 spiro atoms. The summed E-state index contributed by atoms with van der Waals surface area (Å²) in [7, 11) is 3.98. The van der Waals surface area contributed by atoms with Crippen LogP contribution < -0.4 is 14.7 Å². The van der Waals surface area contributed by atoms with Gasteiger partial charge in [0.1, 0.15) is 17.7 Å². The molecule has 7 nitrogen and oxygen atoms in total. The Morgan fingerprint density at radius 3 is 2.81 bits per heavy atom. The molecule has 2 atom stereocenters. The highest BCUT2D eigenvalue weighted by atomic mass is 15.3. The Bertz CT molecular complexity index is 829. The summed E-state index contributed by atoms with van der Waals surface area (Å²) >= 11 is 0. The molecule has 0 radical (unpaired) electrons. The molecule has 7 heteroatoms. The van der Waals surface area contributed by atoms with Crippen molar-refractivity contribution in [1.82, 2.24) is 15.0 Å². The topological polar surface area (TPSA) is 72.2 Å². The first-order chi connectivity index (χ1) is 12.7. The average Bonchev–Trinajstić information content (AvgIpc) is 3.11. The van der Waals surface area contributed by atoms with Gasteiger partial charge in [0.15, 0.2) is 0 Å². The second kappa shape index (κ2) is 6.79. The molecule has 0 amide bonds. The van der Waals surface area contributed by atoms with E-state index < -0.39 is 0 Å². The Balaban J connectivity index is 1.60. The highest BCUT2D eigenvalue weighted by Gasteiger charge is 2.40. The number of aromatic nitrogens is 3. The molecule has 2 aliphatic rings. The minimum atomic E-state index is 0.356. The van der Waals surface area contributed by atoms with Crippen molar-refractivity contribution in [2.45, 2.75) is 18.9 Å². The first kappa shape index (κ1) is 16.6. The van der Waals surface area contributed by atoms with E-state index in [-0.39, 0.29) is 0 Å². The van der Waals surface area contributed by atoms with E-state index >= 15 is 0 Å². The molecule has 2 unspecified atom stereocenters. The van der Waals surface area contributed by atoms with E-state index in [1.807, 2.05) is 43.4 Å². The van der Waals surface area contributed by atoms with E-state index in [1.54, 1.807) is 6.20 Å². The molecule has 26 heavy (non-hydrogen) atoms. The molecular formula is C19H23N7. The maximum Gasteiger partial charge on any atom is 0.227 e. The Kier molecular flexibility index (Phi) is 4.33. The van der Waals surface area contributed by atoms with E-state index in [1.165, 1.54) is 6.42 Å². The van der Waals surface area contributed by atoms with Crippen LogP contribution in [0, 0.1) is 17.2 Å². The van der Waals surface area contributed by atoms with Crippen molar-refractivity contribution in [3.63, 3.8) is 0 Å². The number of rotatable bonds is 3. The van der Waals surface area contributed by atoms with E-state index in [0.717, 1.165) is 43.6 Å². The largest absolute Gasteiger partial charge is 0.363 e. The fourth-order valence-electron chi connectivity index (χ4n) is 4.04. The maximum absolute atomic E-state index is 9.40. The molecule has 4 rings (SSSR count). The highest BCUT2D eigenvalue weighted by Crippen LogP contribution is 2.35. The number of pyridine rings is 1. The van der Waals surface area contributed by atoms with Crippen LogP contribution in [0.2, 0.25) is 0 Å². The molecule has 0 aliphatic carbocycles. The third-order valence-electron chi connectivity index (χ3n) is 5.41. The van der Waals surface area contributed by atoms with Crippen LogP contribution in [0.3, 0.4) is 0 Å². The summed E-state index contributed by atoms with van der Waals surface area (Å²) in [5.41, 5.74) is 0.640. The SMILES string of the molecule is CN(C)c1ccnc(N2CCC3CCN(c4ncccc4C#N)CC32)n1. The summed E-state index contributed by atoms with van der Waals surface area (Å²) in [5, 5.41) is 9.40. The third kappa shape index (κ3) is 2.92. The lowest BCUT2D eigenvalue weighted by molar-refractivity contribution is 0.387. The quantitative estimate of drug-likeness (QED) is 0.838. The van der Waals surface area contributed by atoms with E-state index in [9.17, 15) is 5.26 Å². The van der Waals surface area contributed by atoms with Gasteiger partial charge in [-0.1, -0.05) is 0 Å². The molecule has 2 aromatic rings. The normalized spacial score (nSPS) is 22.0. The minimum absolute atomic E-state index is 0.356. The second-order valence-corrected chi connectivity index (χ2v) is 7.14. The summed E-state index contributed by atoms with van der Waals surface area (Å²) in [5.74, 6) is 3.16. The van der Waals surface area contributed by atoms with Crippen molar-refractivity contribution in [1.29, 1.82) is 5.26 Å².